The number of methoxy groups -OCH3 is 1. The summed E-state index contributed by atoms with van der Waals surface area (Å²) in [7, 11) is 3.44. The molecule has 1 amide bonds. The minimum absolute atomic E-state index is 0.0452. The van der Waals surface area contributed by atoms with Crippen molar-refractivity contribution in [2.45, 2.75) is 44.4 Å². The quantitative estimate of drug-likeness (QED) is 0.866. The first-order chi connectivity index (χ1) is 9.74. The molecular formula is C16H24N2O2. The summed E-state index contributed by atoms with van der Waals surface area (Å²) in [5.74, 6) is -0.0452. The lowest BCUT2D eigenvalue weighted by atomic mass is 9.92. The summed E-state index contributed by atoms with van der Waals surface area (Å²) >= 11 is 0. The van der Waals surface area contributed by atoms with Crippen molar-refractivity contribution in [1.82, 2.24) is 10.6 Å². The summed E-state index contributed by atoms with van der Waals surface area (Å²) in [5.41, 5.74) is 1.89. The lowest BCUT2D eigenvalue weighted by molar-refractivity contribution is 0.0413. The molecule has 1 aromatic rings. The lowest BCUT2D eigenvalue weighted by Crippen LogP contribution is -2.42. The molecule has 4 heteroatoms. The number of hydrogen-bond donors (Lipinski definition) is 2. The van der Waals surface area contributed by atoms with Crippen molar-refractivity contribution in [2.24, 2.45) is 0 Å². The fraction of sp³-hybridized carbons (Fsp3) is 0.562. The lowest BCUT2D eigenvalue weighted by Gasteiger charge is -2.31. The number of nitrogens with one attached hydrogen (secondary N) is 2. The van der Waals surface area contributed by atoms with Gasteiger partial charge in [-0.1, -0.05) is 25.0 Å². The average molecular weight is 276 g/mol. The van der Waals surface area contributed by atoms with E-state index >= 15 is 0 Å². The third kappa shape index (κ3) is 3.81. The molecule has 1 aliphatic carbocycles. The molecule has 0 saturated heterocycles. The molecule has 110 valence electrons. The maximum Gasteiger partial charge on any atom is 0.251 e. The summed E-state index contributed by atoms with van der Waals surface area (Å²) in [4.78, 5) is 11.5. The molecule has 1 aliphatic rings. The van der Waals surface area contributed by atoms with Crippen molar-refractivity contribution >= 4 is 5.91 Å². The van der Waals surface area contributed by atoms with E-state index in [1.807, 2.05) is 24.3 Å². The summed E-state index contributed by atoms with van der Waals surface area (Å²) in [6, 6.07) is 8.17. The van der Waals surface area contributed by atoms with Gasteiger partial charge in [0.1, 0.15) is 0 Å². The number of ether oxygens (including phenoxy) is 1. The monoisotopic (exact) mass is 276 g/mol. The molecule has 2 rings (SSSR count). The van der Waals surface area contributed by atoms with E-state index in [-0.39, 0.29) is 5.91 Å². The second-order valence-electron chi connectivity index (χ2n) is 5.32. The van der Waals surface area contributed by atoms with Crippen molar-refractivity contribution in [3.63, 3.8) is 0 Å². The Labute approximate surface area is 120 Å². The third-order valence-electron chi connectivity index (χ3n) is 4.02. The topological polar surface area (TPSA) is 50.4 Å². The number of carbonyl (C=O) groups excluding carboxylic acids is 1. The largest absolute Gasteiger partial charge is 0.380 e. The number of amides is 1. The van der Waals surface area contributed by atoms with Gasteiger partial charge in [0.15, 0.2) is 0 Å². The molecule has 1 aromatic carbocycles. The minimum atomic E-state index is -0.0452. The Hall–Kier alpha value is -1.39. The molecule has 1 fully saturated rings. The molecule has 0 aromatic heterocycles. The Morgan fingerprint density at radius 2 is 1.95 bits per heavy atom. The van der Waals surface area contributed by atoms with Gasteiger partial charge in [0.2, 0.25) is 0 Å². The Morgan fingerprint density at radius 1 is 1.25 bits per heavy atom. The first-order valence-corrected chi connectivity index (χ1v) is 7.32. The van der Waals surface area contributed by atoms with E-state index in [2.05, 4.69) is 10.6 Å². The van der Waals surface area contributed by atoms with E-state index in [1.165, 1.54) is 24.8 Å². The van der Waals surface area contributed by atoms with Crippen LogP contribution in [0.1, 0.15) is 41.6 Å². The van der Waals surface area contributed by atoms with Crippen LogP contribution in [-0.4, -0.2) is 32.2 Å². The van der Waals surface area contributed by atoms with Crippen molar-refractivity contribution in [1.29, 1.82) is 0 Å². The fourth-order valence-electron chi connectivity index (χ4n) is 2.78. The van der Waals surface area contributed by atoms with E-state index in [0.29, 0.717) is 17.7 Å². The highest BCUT2D eigenvalue weighted by molar-refractivity contribution is 5.93. The normalized spacial score (nSPS) is 22.5. The number of rotatable bonds is 5. The van der Waals surface area contributed by atoms with Gasteiger partial charge in [-0.05, 0) is 30.5 Å². The average Bonchev–Trinajstić information content (AvgIpc) is 2.53. The molecule has 0 bridgehead atoms. The van der Waals surface area contributed by atoms with Gasteiger partial charge in [0, 0.05) is 32.3 Å². The van der Waals surface area contributed by atoms with Crippen LogP contribution in [0.3, 0.4) is 0 Å². The Balaban J connectivity index is 1.88. The van der Waals surface area contributed by atoms with Crippen molar-refractivity contribution < 1.29 is 9.53 Å². The van der Waals surface area contributed by atoms with Crippen LogP contribution in [0.4, 0.5) is 0 Å². The molecule has 1 saturated carbocycles. The predicted octanol–water partition coefficient (Wildman–Crippen LogP) is 2.09. The Kier molecular flexibility index (Phi) is 5.56. The maximum atomic E-state index is 11.5. The molecule has 2 atom stereocenters. The zero-order valence-corrected chi connectivity index (χ0v) is 12.3. The van der Waals surface area contributed by atoms with Gasteiger partial charge in [0.25, 0.3) is 5.91 Å². The second-order valence-corrected chi connectivity index (χ2v) is 5.32. The highest BCUT2D eigenvalue weighted by Gasteiger charge is 2.24. The van der Waals surface area contributed by atoms with Crippen LogP contribution < -0.4 is 10.6 Å². The van der Waals surface area contributed by atoms with Gasteiger partial charge in [0.05, 0.1) is 6.10 Å². The zero-order valence-electron chi connectivity index (χ0n) is 12.3. The maximum absolute atomic E-state index is 11.5. The van der Waals surface area contributed by atoms with Gasteiger partial charge in [-0.15, -0.1) is 0 Å². The van der Waals surface area contributed by atoms with Gasteiger partial charge < -0.3 is 15.4 Å². The highest BCUT2D eigenvalue weighted by atomic mass is 16.5. The summed E-state index contributed by atoms with van der Waals surface area (Å²) < 4.78 is 5.54. The van der Waals surface area contributed by atoms with E-state index in [0.717, 1.165) is 13.0 Å². The molecule has 2 unspecified atom stereocenters. The van der Waals surface area contributed by atoms with Crippen molar-refractivity contribution in [2.75, 3.05) is 14.2 Å². The van der Waals surface area contributed by atoms with Gasteiger partial charge in [-0.2, -0.15) is 0 Å². The molecule has 0 aliphatic heterocycles. The van der Waals surface area contributed by atoms with Crippen LogP contribution >= 0.6 is 0 Å². The van der Waals surface area contributed by atoms with Crippen LogP contribution in [0.5, 0.6) is 0 Å². The van der Waals surface area contributed by atoms with E-state index < -0.39 is 0 Å². The fourth-order valence-corrected chi connectivity index (χ4v) is 2.78. The number of hydrogen-bond acceptors (Lipinski definition) is 3. The first-order valence-electron chi connectivity index (χ1n) is 7.32. The Morgan fingerprint density at radius 3 is 2.60 bits per heavy atom. The van der Waals surface area contributed by atoms with Crippen molar-refractivity contribution in [3.8, 4) is 0 Å². The van der Waals surface area contributed by atoms with Gasteiger partial charge >= 0.3 is 0 Å². The van der Waals surface area contributed by atoms with Gasteiger partial charge in [-0.3, -0.25) is 4.79 Å². The summed E-state index contributed by atoms with van der Waals surface area (Å²) in [5, 5.41) is 6.20. The summed E-state index contributed by atoms with van der Waals surface area (Å²) in [6.45, 7) is 0.818. The molecule has 0 heterocycles. The predicted molar refractivity (Wildman–Crippen MR) is 79.7 cm³/mol. The highest BCUT2D eigenvalue weighted by Crippen LogP contribution is 2.21. The second kappa shape index (κ2) is 7.41. The molecule has 20 heavy (non-hydrogen) atoms. The van der Waals surface area contributed by atoms with E-state index in [1.54, 1.807) is 14.2 Å². The molecule has 0 radical (unpaired) electrons. The standard InChI is InChI=1S/C16H24N2O2/c1-17-16(19)13-9-7-12(8-10-13)11-18-14-5-3-4-6-15(14)20-2/h7-10,14-15,18H,3-6,11H2,1-2H3,(H,17,19). The van der Waals surface area contributed by atoms with Crippen LogP contribution in [-0.2, 0) is 11.3 Å². The van der Waals surface area contributed by atoms with Crippen LogP contribution in [0.2, 0.25) is 0 Å². The number of benzene rings is 1. The molecule has 0 spiro atoms. The smallest absolute Gasteiger partial charge is 0.251 e. The van der Waals surface area contributed by atoms with E-state index in [9.17, 15) is 4.79 Å². The van der Waals surface area contributed by atoms with Crippen LogP contribution in [0, 0.1) is 0 Å². The minimum Gasteiger partial charge on any atom is -0.380 e. The van der Waals surface area contributed by atoms with Crippen LogP contribution in [0.25, 0.3) is 0 Å². The SMILES string of the molecule is CNC(=O)c1ccc(CNC2CCCCC2OC)cc1. The number of carbonyl (C=O) groups is 1. The third-order valence-corrected chi connectivity index (χ3v) is 4.02. The molecule has 4 nitrogen and oxygen atoms in total. The van der Waals surface area contributed by atoms with Crippen LogP contribution in [0.15, 0.2) is 24.3 Å². The first kappa shape index (κ1) is 15.0. The summed E-state index contributed by atoms with van der Waals surface area (Å²) in [6.07, 6.45) is 5.18. The van der Waals surface area contributed by atoms with Gasteiger partial charge in [-0.25, -0.2) is 0 Å². The zero-order chi connectivity index (χ0) is 14.4. The van der Waals surface area contributed by atoms with E-state index in [4.69, 9.17) is 4.74 Å². The molecule has 2 N–H and O–H groups in total. The molecular weight excluding hydrogens is 252 g/mol. The van der Waals surface area contributed by atoms with Crippen molar-refractivity contribution in [3.05, 3.63) is 35.4 Å². The Bertz CT molecular complexity index is 431.